The van der Waals surface area contributed by atoms with Crippen LogP contribution in [0.1, 0.15) is 16.8 Å². The number of aromatic nitrogens is 2. The highest BCUT2D eigenvalue weighted by molar-refractivity contribution is 8.13. The van der Waals surface area contributed by atoms with Gasteiger partial charge in [0.15, 0.2) is 0 Å². The Morgan fingerprint density at radius 1 is 1.28 bits per heavy atom. The molecule has 0 aliphatic rings. The Kier molecular flexibility index (Phi) is 3.73. The summed E-state index contributed by atoms with van der Waals surface area (Å²) < 4.78 is 23.8. The summed E-state index contributed by atoms with van der Waals surface area (Å²) >= 11 is 0. The van der Waals surface area contributed by atoms with Gasteiger partial charge in [0, 0.05) is 22.4 Å². The van der Waals surface area contributed by atoms with Crippen LogP contribution in [0.5, 0.6) is 0 Å². The van der Waals surface area contributed by atoms with Gasteiger partial charge < -0.3 is 0 Å². The van der Waals surface area contributed by atoms with Gasteiger partial charge in [-0.25, -0.2) is 8.42 Å². The summed E-state index contributed by atoms with van der Waals surface area (Å²) in [6.45, 7) is 2.39. The van der Waals surface area contributed by atoms with Gasteiger partial charge in [0.05, 0.1) is 18.0 Å². The van der Waals surface area contributed by atoms with Crippen molar-refractivity contribution in [3.05, 3.63) is 53.3 Å². The van der Waals surface area contributed by atoms with E-state index in [4.69, 9.17) is 10.7 Å². The van der Waals surface area contributed by atoms with Gasteiger partial charge in [0.25, 0.3) is 0 Å². The van der Waals surface area contributed by atoms with Crippen molar-refractivity contribution in [2.45, 2.75) is 19.2 Å². The Labute approximate surface area is 111 Å². The SMILES string of the molecule is Cc1nn(Cc2ccccc2)cc1CS(=O)(=O)Cl. The number of hydrogen-bond acceptors (Lipinski definition) is 3. The van der Waals surface area contributed by atoms with Crippen molar-refractivity contribution >= 4 is 19.7 Å². The molecular formula is C12H13ClN2O2S. The summed E-state index contributed by atoms with van der Waals surface area (Å²) in [4.78, 5) is 0. The molecule has 0 saturated heterocycles. The molecule has 96 valence electrons. The van der Waals surface area contributed by atoms with Crippen molar-refractivity contribution in [3.8, 4) is 0 Å². The van der Waals surface area contributed by atoms with Crippen LogP contribution in [-0.2, 0) is 21.3 Å². The fourth-order valence-corrected chi connectivity index (χ4v) is 2.75. The monoisotopic (exact) mass is 284 g/mol. The molecule has 0 radical (unpaired) electrons. The first-order valence-electron chi connectivity index (χ1n) is 5.43. The van der Waals surface area contributed by atoms with Gasteiger partial charge in [-0.05, 0) is 12.5 Å². The summed E-state index contributed by atoms with van der Waals surface area (Å²) in [5.74, 6) is -0.185. The van der Waals surface area contributed by atoms with Crippen LogP contribution in [0, 0.1) is 6.92 Å². The maximum absolute atomic E-state index is 11.0. The van der Waals surface area contributed by atoms with E-state index in [1.807, 2.05) is 30.3 Å². The highest BCUT2D eigenvalue weighted by Gasteiger charge is 2.12. The molecule has 0 spiro atoms. The van der Waals surface area contributed by atoms with E-state index in [0.717, 1.165) is 5.56 Å². The molecule has 0 fully saturated rings. The molecular weight excluding hydrogens is 272 g/mol. The van der Waals surface area contributed by atoms with E-state index >= 15 is 0 Å². The molecule has 1 aromatic carbocycles. The fraction of sp³-hybridized carbons (Fsp3) is 0.250. The van der Waals surface area contributed by atoms with E-state index in [-0.39, 0.29) is 5.75 Å². The topological polar surface area (TPSA) is 52.0 Å². The van der Waals surface area contributed by atoms with Crippen LogP contribution in [0.25, 0.3) is 0 Å². The molecule has 0 aliphatic carbocycles. The van der Waals surface area contributed by atoms with Crippen LogP contribution < -0.4 is 0 Å². The lowest BCUT2D eigenvalue weighted by Crippen LogP contribution is -2.00. The number of hydrogen-bond donors (Lipinski definition) is 0. The second-order valence-electron chi connectivity index (χ2n) is 4.11. The maximum Gasteiger partial charge on any atom is 0.236 e. The van der Waals surface area contributed by atoms with E-state index in [2.05, 4.69) is 5.10 Å². The second kappa shape index (κ2) is 5.12. The van der Waals surface area contributed by atoms with Gasteiger partial charge in [-0.15, -0.1) is 0 Å². The number of rotatable bonds is 4. The van der Waals surface area contributed by atoms with Crippen LogP contribution in [0.4, 0.5) is 0 Å². The Balaban J connectivity index is 2.19. The molecule has 0 unspecified atom stereocenters. The molecule has 0 atom stereocenters. The van der Waals surface area contributed by atoms with Gasteiger partial charge in [-0.2, -0.15) is 5.10 Å². The summed E-state index contributed by atoms with van der Waals surface area (Å²) in [7, 11) is 1.70. The normalized spacial score (nSPS) is 11.7. The molecule has 18 heavy (non-hydrogen) atoms. The zero-order valence-corrected chi connectivity index (χ0v) is 11.4. The van der Waals surface area contributed by atoms with Crippen molar-refractivity contribution in [1.29, 1.82) is 0 Å². The molecule has 0 saturated carbocycles. The van der Waals surface area contributed by atoms with Crippen molar-refractivity contribution in [1.82, 2.24) is 9.78 Å². The van der Waals surface area contributed by atoms with Crippen LogP contribution >= 0.6 is 10.7 Å². The highest BCUT2D eigenvalue weighted by Crippen LogP contribution is 2.14. The zero-order valence-electron chi connectivity index (χ0n) is 9.88. The van der Waals surface area contributed by atoms with Crippen molar-refractivity contribution in [2.75, 3.05) is 0 Å². The lowest BCUT2D eigenvalue weighted by molar-refractivity contribution is 0.608. The Morgan fingerprint density at radius 2 is 1.94 bits per heavy atom. The van der Waals surface area contributed by atoms with Crippen molar-refractivity contribution < 1.29 is 8.42 Å². The Bertz CT molecular complexity index is 635. The molecule has 2 rings (SSSR count). The van der Waals surface area contributed by atoms with Gasteiger partial charge in [-0.1, -0.05) is 30.3 Å². The third-order valence-corrected chi connectivity index (χ3v) is 3.55. The number of halogens is 1. The molecule has 2 aromatic rings. The highest BCUT2D eigenvalue weighted by atomic mass is 35.7. The predicted octanol–water partition coefficient (Wildman–Crippen LogP) is 2.31. The van der Waals surface area contributed by atoms with E-state index in [9.17, 15) is 8.42 Å². The van der Waals surface area contributed by atoms with Gasteiger partial charge >= 0.3 is 0 Å². The average Bonchev–Trinajstić information content (AvgIpc) is 2.58. The minimum absolute atomic E-state index is 0.185. The van der Waals surface area contributed by atoms with E-state index in [1.54, 1.807) is 17.8 Å². The van der Waals surface area contributed by atoms with Crippen LogP contribution in [0.2, 0.25) is 0 Å². The van der Waals surface area contributed by atoms with Crippen molar-refractivity contribution in [3.63, 3.8) is 0 Å². The average molecular weight is 285 g/mol. The molecule has 1 heterocycles. The third kappa shape index (κ3) is 3.58. The largest absolute Gasteiger partial charge is 0.268 e. The van der Waals surface area contributed by atoms with E-state index in [1.165, 1.54) is 0 Å². The lowest BCUT2D eigenvalue weighted by atomic mass is 10.2. The van der Waals surface area contributed by atoms with Gasteiger partial charge in [-0.3, -0.25) is 4.68 Å². The molecule has 4 nitrogen and oxygen atoms in total. The Hall–Kier alpha value is -1.33. The molecule has 0 N–H and O–H groups in total. The summed E-state index contributed by atoms with van der Waals surface area (Å²) in [6.07, 6.45) is 1.72. The molecule has 0 aliphatic heterocycles. The van der Waals surface area contributed by atoms with Gasteiger partial charge in [0.2, 0.25) is 9.05 Å². The first-order valence-corrected chi connectivity index (χ1v) is 7.91. The predicted molar refractivity (Wildman–Crippen MR) is 71.0 cm³/mol. The summed E-state index contributed by atoms with van der Waals surface area (Å²) in [5.41, 5.74) is 2.44. The van der Waals surface area contributed by atoms with Gasteiger partial charge in [0.1, 0.15) is 0 Å². The van der Waals surface area contributed by atoms with Crippen LogP contribution in [0.3, 0.4) is 0 Å². The number of benzene rings is 1. The maximum atomic E-state index is 11.0. The fourth-order valence-electron chi connectivity index (χ4n) is 1.74. The number of aryl methyl sites for hydroxylation is 1. The van der Waals surface area contributed by atoms with Crippen LogP contribution in [0.15, 0.2) is 36.5 Å². The quantitative estimate of drug-likeness (QED) is 0.810. The first kappa shape index (κ1) is 13.1. The first-order chi connectivity index (χ1) is 8.44. The smallest absolute Gasteiger partial charge is 0.236 e. The Morgan fingerprint density at radius 3 is 2.56 bits per heavy atom. The molecule has 0 amide bonds. The zero-order chi connectivity index (χ0) is 13.2. The van der Waals surface area contributed by atoms with E-state index in [0.29, 0.717) is 17.8 Å². The van der Waals surface area contributed by atoms with Crippen molar-refractivity contribution in [2.24, 2.45) is 0 Å². The minimum Gasteiger partial charge on any atom is -0.268 e. The second-order valence-corrected chi connectivity index (χ2v) is 6.88. The lowest BCUT2D eigenvalue weighted by Gasteiger charge is -2.00. The number of nitrogens with zero attached hydrogens (tertiary/aromatic N) is 2. The molecule has 1 aromatic heterocycles. The third-order valence-electron chi connectivity index (χ3n) is 2.56. The summed E-state index contributed by atoms with van der Waals surface area (Å²) in [6, 6.07) is 9.85. The van der Waals surface area contributed by atoms with Crippen LogP contribution in [-0.4, -0.2) is 18.2 Å². The molecule has 6 heteroatoms. The molecule has 0 bridgehead atoms. The van der Waals surface area contributed by atoms with E-state index < -0.39 is 9.05 Å². The summed E-state index contributed by atoms with van der Waals surface area (Å²) in [5, 5.41) is 4.28. The minimum atomic E-state index is -3.54. The standard InChI is InChI=1S/C12H13ClN2O2S/c1-10-12(9-18(13,16)17)8-15(14-10)7-11-5-3-2-4-6-11/h2-6,8H,7,9H2,1H3.